The average Bonchev–Trinajstić information content (AvgIpc) is 3.04. The first kappa shape index (κ1) is 15.6. The van der Waals surface area contributed by atoms with Gasteiger partial charge >= 0.3 is 0 Å². The van der Waals surface area contributed by atoms with E-state index in [9.17, 15) is 14.5 Å². The van der Waals surface area contributed by atoms with E-state index in [2.05, 4.69) is 20.5 Å². The zero-order chi connectivity index (χ0) is 16.9. The summed E-state index contributed by atoms with van der Waals surface area (Å²) in [6.07, 6.45) is 0.580. The fourth-order valence-corrected chi connectivity index (χ4v) is 2.19. The Morgan fingerprint density at radius 1 is 1.21 bits per heavy atom. The molecule has 0 aliphatic rings. The van der Waals surface area contributed by atoms with Gasteiger partial charge in [0.15, 0.2) is 5.82 Å². The van der Waals surface area contributed by atoms with Gasteiger partial charge in [0.2, 0.25) is 0 Å². The quantitative estimate of drug-likeness (QED) is 0.535. The third-order valence-electron chi connectivity index (χ3n) is 3.38. The second kappa shape index (κ2) is 6.86. The number of anilines is 1. The summed E-state index contributed by atoms with van der Waals surface area (Å²) in [5.74, 6) is 0.859. The number of hydrogen-bond donors (Lipinski definition) is 2. The summed E-state index contributed by atoms with van der Waals surface area (Å²) in [6.45, 7) is 0.568. The highest BCUT2D eigenvalue weighted by atomic mass is 19.1. The number of aromatic nitrogens is 3. The lowest BCUT2D eigenvalue weighted by atomic mass is 10.2. The Kier molecular flexibility index (Phi) is 4.46. The fourth-order valence-electron chi connectivity index (χ4n) is 2.19. The van der Waals surface area contributed by atoms with E-state index in [1.165, 1.54) is 24.3 Å². The molecule has 2 aromatic carbocycles. The smallest absolute Gasteiger partial charge is 0.269 e. The highest BCUT2D eigenvalue weighted by molar-refractivity contribution is 5.56. The van der Waals surface area contributed by atoms with Crippen LogP contribution in [0.5, 0.6) is 0 Å². The van der Waals surface area contributed by atoms with Crippen LogP contribution in [0.2, 0.25) is 0 Å². The monoisotopic (exact) mass is 327 g/mol. The number of benzene rings is 2. The molecule has 24 heavy (non-hydrogen) atoms. The van der Waals surface area contributed by atoms with Crippen LogP contribution in [-0.4, -0.2) is 26.6 Å². The molecule has 0 bridgehead atoms. The van der Waals surface area contributed by atoms with E-state index in [0.29, 0.717) is 35.9 Å². The lowest BCUT2D eigenvalue weighted by molar-refractivity contribution is -0.384. The third kappa shape index (κ3) is 3.72. The molecular weight excluding hydrogens is 313 g/mol. The third-order valence-corrected chi connectivity index (χ3v) is 3.38. The number of hydrogen-bond acceptors (Lipinski definition) is 5. The Morgan fingerprint density at radius 3 is 2.71 bits per heavy atom. The van der Waals surface area contributed by atoms with Crippen molar-refractivity contribution in [2.75, 3.05) is 11.9 Å². The molecule has 0 unspecified atom stereocenters. The van der Waals surface area contributed by atoms with Crippen molar-refractivity contribution in [3.8, 4) is 11.4 Å². The first-order valence-electron chi connectivity index (χ1n) is 7.27. The maximum Gasteiger partial charge on any atom is 0.269 e. The van der Waals surface area contributed by atoms with Crippen LogP contribution in [-0.2, 0) is 6.42 Å². The predicted octanol–water partition coefficient (Wildman–Crippen LogP) is 3.17. The molecule has 0 saturated heterocycles. The molecule has 0 fully saturated rings. The van der Waals surface area contributed by atoms with Crippen LogP contribution in [0.4, 0.5) is 15.8 Å². The maximum absolute atomic E-state index is 13.1. The summed E-state index contributed by atoms with van der Waals surface area (Å²) in [5, 5.41) is 20.7. The van der Waals surface area contributed by atoms with Gasteiger partial charge in [0.05, 0.1) is 4.92 Å². The van der Waals surface area contributed by atoms with E-state index < -0.39 is 4.92 Å². The molecule has 0 atom stereocenters. The number of nitro groups is 1. The van der Waals surface area contributed by atoms with Gasteiger partial charge in [-0.15, -0.1) is 0 Å². The van der Waals surface area contributed by atoms with Gasteiger partial charge < -0.3 is 5.32 Å². The van der Waals surface area contributed by atoms with Crippen molar-refractivity contribution < 1.29 is 9.31 Å². The molecule has 0 spiro atoms. The average molecular weight is 327 g/mol. The normalized spacial score (nSPS) is 10.5. The van der Waals surface area contributed by atoms with Gasteiger partial charge in [-0.2, -0.15) is 5.10 Å². The second-order valence-electron chi connectivity index (χ2n) is 5.10. The van der Waals surface area contributed by atoms with E-state index >= 15 is 0 Å². The largest absolute Gasteiger partial charge is 0.385 e. The molecule has 0 aliphatic carbocycles. The zero-order valence-electron chi connectivity index (χ0n) is 12.6. The Hall–Kier alpha value is -3.29. The number of nitro benzene ring substituents is 1. The lowest BCUT2D eigenvalue weighted by Gasteiger charge is -2.04. The molecule has 7 nitrogen and oxygen atoms in total. The van der Waals surface area contributed by atoms with Gasteiger partial charge in [-0.1, -0.05) is 6.07 Å². The summed E-state index contributed by atoms with van der Waals surface area (Å²) >= 11 is 0. The van der Waals surface area contributed by atoms with Crippen LogP contribution < -0.4 is 5.32 Å². The molecule has 3 aromatic rings. The molecule has 0 saturated carbocycles. The van der Waals surface area contributed by atoms with Crippen molar-refractivity contribution in [3.63, 3.8) is 0 Å². The topological polar surface area (TPSA) is 96.7 Å². The standard InChI is InChI=1S/C16H14FN5O2/c17-12-2-1-3-13(10-12)18-9-8-15-19-16(21-20-15)11-4-6-14(7-5-11)22(23)24/h1-7,10,18H,8-9H2,(H,19,20,21). The molecule has 0 aliphatic heterocycles. The van der Waals surface area contributed by atoms with Crippen molar-refractivity contribution in [3.05, 3.63) is 70.3 Å². The Labute approximate surface area is 136 Å². The SMILES string of the molecule is O=[N+]([O-])c1ccc(-c2n[nH]c(CCNc3cccc(F)c3)n2)cc1. The highest BCUT2D eigenvalue weighted by Crippen LogP contribution is 2.19. The maximum atomic E-state index is 13.1. The Balaban J connectivity index is 1.60. The van der Waals surface area contributed by atoms with Gasteiger partial charge in [-0.3, -0.25) is 15.2 Å². The Morgan fingerprint density at radius 2 is 2.00 bits per heavy atom. The summed E-state index contributed by atoms with van der Waals surface area (Å²) in [4.78, 5) is 14.5. The van der Waals surface area contributed by atoms with E-state index in [1.807, 2.05) is 0 Å². The summed E-state index contributed by atoms with van der Waals surface area (Å²) in [5.41, 5.74) is 1.42. The number of nitrogens with one attached hydrogen (secondary N) is 2. The van der Waals surface area contributed by atoms with E-state index in [1.54, 1.807) is 24.3 Å². The molecule has 3 rings (SSSR count). The van der Waals surface area contributed by atoms with Crippen molar-refractivity contribution in [2.24, 2.45) is 0 Å². The van der Waals surface area contributed by atoms with Gasteiger partial charge in [0, 0.05) is 36.3 Å². The number of rotatable bonds is 6. The number of aromatic amines is 1. The van der Waals surface area contributed by atoms with Gasteiger partial charge in [-0.05, 0) is 30.3 Å². The fraction of sp³-hybridized carbons (Fsp3) is 0.125. The van der Waals surface area contributed by atoms with Gasteiger partial charge in [-0.25, -0.2) is 9.37 Å². The highest BCUT2D eigenvalue weighted by Gasteiger charge is 2.09. The van der Waals surface area contributed by atoms with Crippen LogP contribution in [0.15, 0.2) is 48.5 Å². The molecule has 1 heterocycles. The van der Waals surface area contributed by atoms with Crippen molar-refractivity contribution in [2.45, 2.75) is 6.42 Å². The van der Waals surface area contributed by atoms with Crippen LogP contribution >= 0.6 is 0 Å². The first-order chi connectivity index (χ1) is 11.6. The number of H-pyrrole nitrogens is 1. The molecule has 8 heteroatoms. The van der Waals surface area contributed by atoms with Gasteiger partial charge in [0.25, 0.3) is 5.69 Å². The van der Waals surface area contributed by atoms with Crippen LogP contribution in [0, 0.1) is 15.9 Å². The summed E-state index contributed by atoms with van der Waals surface area (Å²) in [7, 11) is 0. The lowest BCUT2D eigenvalue weighted by Crippen LogP contribution is -2.06. The molecule has 0 radical (unpaired) electrons. The Bertz CT molecular complexity index is 848. The predicted molar refractivity (Wildman–Crippen MR) is 87.1 cm³/mol. The minimum atomic E-state index is -0.453. The zero-order valence-corrected chi connectivity index (χ0v) is 12.6. The minimum Gasteiger partial charge on any atom is -0.385 e. The first-order valence-corrected chi connectivity index (χ1v) is 7.27. The van der Waals surface area contributed by atoms with Crippen molar-refractivity contribution in [1.29, 1.82) is 0 Å². The van der Waals surface area contributed by atoms with E-state index in [0.717, 1.165) is 0 Å². The number of nitrogens with zero attached hydrogens (tertiary/aromatic N) is 3. The molecule has 1 aromatic heterocycles. The van der Waals surface area contributed by atoms with Gasteiger partial charge in [0.1, 0.15) is 11.6 Å². The molecule has 2 N–H and O–H groups in total. The van der Waals surface area contributed by atoms with Crippen molar-refractivity contribution in [1.82, 2.24) is 15.2 Å². The van der Waals surface area contributed by atoms with Crippen LogP contribution in [0.3, 0.4) is 0 Å². The van der Waals surface area contributed by atoms with Crippen molar-refractivity contribution >= 4 is 11.4 Å². The van der Waals surface area contributed by atoms with E-state index in [4.69, 9.17) is 0 Å². The number of halogens is 1. The summed E-state index contributed by atoms with van der Waals surface area (Å²) in [6, 6.07) is 12.3. The molecule has 122 valence electrons. The number of non-ortho nitro benzene ring substituents is 1. The molecular formula is C16H14FN5O2. The summed E-state index contributed by atoms with van der Waals surface area (Å²) < 4.78 is 13.1. The van der Waals surface area contributed by atoms with Crippen LogP contribution in [0.25, 0.3) is 11.4 Å². The van der Waals surface area contributed by atoms with Crippen LogP contribution in [0.1, 0.15) is 5.82 Å². The minimum absolute atomic E-state index is 0.0220. The second-order valence-corrected chi connectivity index (χ2v) is 5.10. The van der Waals surface area contributed by atoms with E-state index in [-0.39, 0.29) is 11.5 Å². The molecule has 0 amide bonds.